The Morgan fingerprint density at radius 1 is 1.35 bits per heavy atom. The molecule has 0 aromatic carbocycles. The molecule has 0 spiro atoms. The summed E-state index contributed by atoms with van der Waals surface area (Å²) < 4.78 is 0. The van der Waals surface area contributed by atoms with E-state index >= 15 is 0 Å². The molecule has 1 aliphatic heterocycles. The highest BCUT2D eigenvalue weighted by Crippen LogP contribution is 2.28. The van der Waals surface area contributed by atoms with Gasteiger partial charge in [0.25, 0.3) is 0 Å². The number of hydrogen-bond acceptors (Lipinski definition) is 3. The molecule has 1 aromatic rings. The van der Waals surface area contributed by atoms with Crippen LogP contribution in [0.15, 0.2) is 18.3 Å². The lowest BCUT2D eigenvalue weighted by molar-refractivity contribution is 0.377. The fraction of sp³-hybridized carbons (Fsp3) is 0.706. The first-order chi connectivity index (χ1) is 9.65. The minimum Gasteiger partial charge on any atom is -0.368 e. The van der Waals surface area contributed by atoms with E-state index in [4.69, 9.17) is 4.98 Å². The molecule has 1 aliphatic rings. The molecule has 2 rings (SSSR count). The van der Waals surface area contributed by atoms with Gasteiger partial charge in [0, 0.05) is 18.6 Å². The molecule has 2 heterocycles. The maximum absolute atomic E-state index is 4.69. The number of nitrogens with one attached hydrogen (secondary N) is 1. The Bertz CT molecular complexity index is 401. The van der Waals surface area contributed by atoms with E-state index in [1.54, 1.807) is 0 Å². The van der Waals surface area contributed by atoms with E-state index in [1.165, 1.54) is 18.5 Å². The van der Waals surface area contributed by atoms with Crippen molar-refractivity contribution >= 4 is 5.69 Å². The van der Waals surface area contributed by atoms with Crippen LogP contribution < -0.4 is 10.2 Å². The molecule has 1 aromatic heterocycles. The van der Waals surface area contributed by atoms with Crippen molar-refractivity contribution in [3.05, 3.63) is 24.0 Å². The van der Waals surface area contributed by atoms with Crippen LogP contribution in [0, 0.1) is 5.92 Å². The van der Waals surface area contributed by atoms with Gasteiger partial charge in [-0.15, -0.1) is 0 Å². The van der Waals surface area contributed by atoms with Crippen molar-refractivity contribution in [3.63, 3.8) is 0 Å². The molecule has 1 fully saturated rings. The van der Waals surface area contributed by atoms with Gasteiger partial charge in [0.1, 0.15) is 0 Å². The Balaban J connectivity index is 2.07. The summed E-state index contributed by atoms with van der Waals surface area (Å²) in [4.78, 5) is 7.20. The lowest BCUT2D eigenvalue weighted by Crippen LogP contribution is -2.40. The molecule has 3 atom stereocenters. The van der Waals surface area contributed by atoms with Gasteiger partial charge in [-0.1, -0.05) is 20.8 Å². The van der Waals surface area contributed by atoms with Crippen molar-refractivity contribution < 1.29 is 0 Å². The Hall–Kier alpha value is -1.09. The lowest BCUT2D eigenvalue weighted by Gasteiger charge is -2.38. The zero-order valence-electron chi connectivity index (χ0n) is 13.4. The fourth-order valence-electron chi connectivity index (χ4n) is 3.27. The van der Waals surface area contributed by atoms with Gasteiger partial charge < -0.3 is 10.2 Å². The second-order valence-corrected chi connectivity index (χ2v) is 6.13. The lowest BCUT2D eigenvalue weighted by atomic mass is 9.93. The SMILES string of the molecule is CCNC(CC)c1ccc(N2CCC(C)CC2C)cn1. The first-order valence-corrected chi connectivity index (χ1v) is 8.11. The summed E-state index contributed by atoms with van der Waals surface area (Å²) in [6, 6.07) is 5.45. The Labute approximate surface area is 123 Å². The highest BCUT2D eigenvalue weighted by Gasteiger charge is 2.23. The van der Waals surface area contributed by atoms with Crippen LogP contribution in [-0.2, 0) is 0 Å². The third-order valence-electron chi connectivity index (χ3n) is 4.46. The molecule has 3 heteroatoms. The standard InChI is InChI=1S/C17H29N3/c1-5-16(18-6-2)17-8-7-15(12-19-17)20-10-9-13(3)11-14(20)4/h7-8,12-14,16,18H,5-6,9-11H2,1-4H3. The highest BCUT2D eigenvalue weighted by atomic mass is 15.2. The molecule has 3 unspecified atom stereocenters. The van der Waals surface area contributed by atoms with E-state index in [1.807, 2.05) is 0 Å². The molecule has 0 saturated carbocycles. The zero-order valence-corrected chi connectivity index (χ0v) is 13.4. The summed E-state index contributed by atoms with van der Waals surface area (Å²) in [5.41, 5.74) is 2.44. The Morgan fingerprint density at radius 2 is 2.15 bits per heavy atom. The third-order valence-corrected chi connectivity index (χ3v) is 4.46. The van der Waals surface area contributed by atoms with Gasteiger partial charge >= 0.3 is 0 Å². The van der Waals surface area contributed by atoms with Gasteiger partial charge in [0.05, 0.1) is 17.6 Å². The number of pyridine rings is 1. The average Bonchev–Trinajstić information content (AvgIpc) is 2.45. The van der Waals surface area contributed by atoms with Crippen LogP contribution >= 0.6 is 0 Å². The molecule has 20 heavy (non-hydrogen) atoms. The van der Waals surface area contributed by atoms with Gasteiger partial charge in [-0.25, -0.2) is 0 Å². The van der Waals surface area contributed by atoms with E-state index in [9.17, 15) is 0 Å². The van der Waals surface area contributed by atoms with Crippen molar-refractivity contribution in [2.45, 2.75) is 59.0 Å². The predicted octanol–water partition coefficient (Wildman–Crippen LogP) is 3.77. The first-order valence-electron chi connectivity index (χ1n) is 8.11. The molecular weight excluding hydrogens is 246 g/mol. The largest absolute Gasteiger partial charge is 0.368 e. The van der Waals surface area contributed by atoms with Crippen LogP contribution in [-0.4, -0.2) is 24.1 Å². The topological polar surface area (TPSA) is 28.2 Å². The summed E-state index contributed by atoms with van der Waals surface area (Å²) in [6.45, 7) is 11.2. The second-order valence-electron chi connectivity index (χ2n) is 6.13. The van der Waals surface area contributed by atoms with Gasteiger partial charge in [0.2, 0.25) is 0 Å². The van der Waals surface area contributed by atoms with Gasteiger partial charge in [-0.2, -0.15) is 0 Å². The monoisotopic (exact) mass is 275 g/mol. The van der Waals surface area contributed by atoms with Crippen LogP contribution in [0.5, 0.6) is 0 Å². The summed E-state index contributed by atoms with van der Waals surface area (Å²) in [7, 11) is 0. The van der Waals surface area contributed by atoms with Crippen molar-refractivity contribution in [2.24, 2.45) is 5.92 Å². The van der Waals surface area contributed by atoms with Crippen LogP contribution in [0.3, 0.4) is 0 Å². The van der Waals surface area contributed by atoms with Crippen LogP contribution in [0.2, 0.25) is 0 Å². The maximum Gasteiger partial charge on any atom is 0.0574 e. The molecular formula is C17H29N3. The van der Waals surface area contributed by atoms with Crippen molar-refractivity contribution in [2.75, 3.05) is 18.0 Å². The Morgan fingerprint density at radius 3 is 2.70 bits per heavy atom. The van der Waals surface area contributed by atoms with Gasteiger partial charge in [-0.3, -0.25) is 4.98 Å². The van der Waals surface area contributed by atoms with Gasteiger partial charge in [-0.05, 0) is 50.8 Å². The first kappa shape index (κ1) is 15.3. The summed E-state index contributed by atoms with van der Waals surface area (Å²) in [5.74, 6) is 0.853. The minimum atomic E-state index is 0.382. The summed E-state index contributed by atoms with van der Waals surface area (Å²) in [5, 5.41) is 3.49. The molecule has 3 nitrogen and oxygen atoms in total. The maximum atomic E-state index is 4.69. The molecule has 0 amide bonds. The zero-order chi connectivity index (χ0) is 14.5. The fourth-order valence-corrected chi connectivity index (χ4v) is 3.27. The van der Waals surface area contributed by atoms with Crippen LogP contribution in [0.4, 0.5) is 5.69 Å². The van der Waals surface area contributed by atoms with Crippen LogP contribution in [0.25, 0.3) is 0 Å². The third kappa shape index (κ3) is 3.51. The summed E-state index contributed by atoms with van der Waals surface area (Å²) in [6.07, 6.45) is 5.72. The van der Waals surface area contributed by atoms with E-state index < -0.39 is 0 Å². The van der Waals surface area contributed by atoms with E-state index in [0.717, 1.165) is 31.1 Å². The quantitative estimate of drug-likeness (QED) is 0.886. The van der Waals surface area contributed by atoms with Gasteiger partial charge in [0.15, 0.2) is 0 Å². The summed E-state index contributed by atoms with van der Waals surface area (Å²) >= 11 is 0. The number of hydrogen-bond donors (Lipinski definition) is 1. The van der Waals surface area contributed by atoms with E-state index in [-0.39, 0.29) is 0 Å². The van der Waals surface area contributed by atoms with Crippen LogP contribution in [0.1, 0.15) is 58.7 Å². The van der Waals surface area contributed by atoms with E-state index in [0.29, 0.717) is 12.1 Å². The van der Waals surface area contributed by atoms with Crippen molar-refractivity contribution in [1.29, 1.82) is 0 Å². The molecule has 1 saturated heterocycles. The predicted molar refractivity (Wildman–Crippen MR) is 86.2 cm³/mol. The van der Waals surface area contributed by atoms with Crippen molar-refractivity contribution in [1.82, 2.24) is 10.3 Å². The molecule has 0 bridgehead atoms. The molecule has 0 aliphatic carbocycles. The number of rotatable bonds is 5. The molecule has 112 valence electrons. The smallest absolute Gasteiger partial charge is 0.0574 e. The minimum absolute atomic E-state index is 0.382. The van der Waals surface area contributed by atoms with Crippen molar-refractivity contribution in [3.8, 4) is 0 Å². The normalized spacial score (nSPS) is 24.7. The molecule has 0 radical (unpaired) electrons. The van der Waals surface area contributed by atoms with E-state index in [2.05, 4.69) is 56.2 Å². The highest BCUT2D eigenvalue weighted by molar-refractivity contribution is 5.46. The Kier molecular flexibility index (Phi) is 5.41. The number of anilines is 1. The second kappa shape index (κ2) is 7.07. The number of nitrogens with zero attached hydrogens (tertiary/aromatic N) is 2. The molecule has 1 N–H and O–H groups in total. The number of aromatic nitrogens is 1. The number of piperidine rings is 1. The average molecular weight is 275 g/mol.